The number of sulfonamides is 1. The molecule has 2 amide bonds. The van der Waals surface area contributed by atoms with E-state index in [4.69, 9.17) is 4.74 Å². The average Bonchev–Trinajstić information content (AvgIpc) is 2.96. The van der Waals surface area contributed by atoms with E-state index in [9.17, 15) is 22.4 Å². The summed E-state index contributed by atoms with van der Waals surface area (Å²) in [5, 5.41) is 2.93. The van der Waals surface area contributed by atoms with Crippen LogP contribution < -0.4 is 14.4 Å². The van der Waals surface area contributed by atoms with Crippen LogP contribution in [0.25, 0.3) is 0 Å². The van der Waals surface area contributed by atoms with Gasteiger partial charge in [0.2, 0.25) is 11.8 Å². The summed E-state index contributed by atoms with van der Waals surface area (Å²) in [4.78, 5) is 28.6. The Labute approximate surface area is 235 Å². The number of halogens is 1. The van der Waals surface area contributed by atoms with Gasteiger partial charge in [0.15, 0.2) is 0 Å². The Morgan fingerprint density at radius 2 is 1.55 bits per heavy atom. The Morgan fingerprint density at radius 3 is 2.12 bits per heavy atom. The van der Waals surface area contributed by atoms with Crippen molar-refractivity contribution in [3.05, 3.63) is 90.2 Å². The van der Waals surface area contributed by atoms with Crippen molar-refractivity contribution in [2.45, 2.75) is 57.1 Å². The Bertz CT molecular complexity index is 1380. The van der Waals surface area contributed by atoms with E-state index < -0.39 is 34.3 Å². The van der Waals surface area contributed by atoms with Gasteiger partial charge in [-0.1, -0.05) is 56.3 Å². The molecule has 0 aliphatic heterocycles. The van der Waals surface area contributed by atoms with Crippen LogP contribution in [0.1, 0.15) is 39.2 Å². The number of nitrogens with one attached hydrogen (secondary N) is 1. The third-order valence-electron chi connectivity index (χ3n) is 6.63. The van der Waals surface area contributed by atoms with Crippen LogP contribution in [0.4, 0.5) is 10.1 Å². The molecule has 0 bridgehead atoms. The number of ether oxygens (including phenoxy) is 1. The van der Waals surface area contributed by atoms with Crippen molar-refractivity contribution in [3.63, 3.8) is 0 Å². The fourth-order valence-corrected chi connectivity index (χ4v) is 5.62. The summed E-state index contributed by atoms with van der Waals surface area (Å²) in [6, 6.07) is 18.9. The molecule has 40 heavy (non-hydrogen) atoms. The minimum Gasteiger partial charge on any atom is -0.497 e. The molecule has 0 unspecified atom stereocenters. The summed E-state index contributed by atoms with van der Waals surface area (Å²) in [5.41, 5.74) is 0.452. The number of methoxy groups -OCH3 is 1. The summed E-state index contributed by atoms with van der Waals surface area (Å²) in [6.45, 7) is 4.91. The number of para-hydroxylation sites is 1. The van der Waals surface area contributed by atoms with E-state index >= 15 is 0 Å². The van der Waals surface area contributed by atoms with Crippen LogP contribution in [0, 0.1) is 5.82 Å². The highest BCUT2D eigenvalue weighted by atomic mass is 32.2. The van der Waals surface area contributed by atoms with Crippen molar-refractivity contribution < 1.29 is 27.1 Å². The standard InChI is InChI=1S/C30H36FN3O5S/c1-5-22(3)32-30(36)27(6-2)33(20-23-16-18-24(39-4)19-17-23)29(35)21-34(28-15-11-10-14-26(28)31)40(37,38)25-12-8-7-9-13-25/h7-19,22,27H,5-6,20-21H2,1-4H3,(H,32,36)/t22-,27+/m1/s1. The highest BCUT2D eigenvalue weighted by Crippen LogP contribution is 2.27. The Hall–Kier alpha value is -3.92. The molecule has 0 spiro atoms. The lowest BCUT2D eigenvalue weighted by Gasteiger charge is -2.33. The number of benzene rings is 3. The van der Waals surface area contributed by atoms with Crippen LogP contribution in [0.5, 0.6) is 5.75 Å². The van der Waals surface area contributed by atoms with Gasteiger partial charge in [0, 0.05) is 12.6 Å². The number of carbonyl (C=O) groups is 2. The topological polar surface area (TPSA) is 96.0 Å². The van der Waals surface area contributed by atoms with Gasteiger partial charge in [-0.3, -0.25) is 13.9 Å². The SMILES string of the molecule is CC[C@@H](C)NC(=O)[C@H](CC)N(Cc1ccc(OC)cc1)C(=O)CN(c1ccccc1F)S(=O)(=O)c1ccccc1. The average molecular weight is 570 g/mol. The van der Waals surface area contributed by atoms with Gasteiger partial charge in [-0.2, -0.15) is 0 Å². The maximum atomic E-state index is 15.0. The number of nitrogens with zero attached hydrogens (tertiary/aromatic N) is 2. The van der Waals surface area contributed by atoms with Crippen molar-refractivity contribution in [3.8, 4) is 5.75 Å². The second-order valence-corrected chi connectivity index (χ2v) is 11.3. The molecule has 0 aliphatic carbocycles. The smallest absolute Gasteiger partial charge is 0.264 e. The van der Waals surface area contributed by atoms with Crippen molar-refractivity contribution in [1.29, 1.82) is 0 Å². The van der Waals surface area contributed by atoms with Crippen LogP contribution in [0.3, 0.4) is 0 Å². The molecule has 3 aromatic rings. The quantitative estimate of drug-likeness (QED) is 0.321. The predicted octanol–water partition coefficient (Wildman–Crippen LogP) is 4.75. The Kier molecular flexibility index (Phi) is 10.7. The maximum absolute atomic E-state index is 15.0. The zero-order valence-corrected chi connectivity index (χ0v) is 24.0. The summed E-state index contributed by atoms with van der Waals surface area (Å²) in [6.07, 6.45) is 0.986. The lowest BCUT2D eigenvalue weighted by molar-refractivity contribution is -0.140. The molecule has 1 N–H and O–H groups in total. The summed E-state index contributed by atoms with van der Waals surface area (Å²) in [7, 11) is -2.79. The number of anilines is 1. The van der Waals surface area contributed by atoms with E-state index in [1.807, 2.05) is 13.8 Å². The zero-order chi connectivity index (χ0) is 29.3. The molecule has 3 aromatic carbocycles. The molecular weight excluding hydrogens is 533 g/mol. The van der Waals surface area contributed by atoms with Crippen LogP contribution in [-0.4, -0.2) is 50.9 Å². The predicted molar refractivity (Wildman–Crippen MR) is 153 cm³/mol. The monoisotopic (exact) mass is 569 g/mol. The summed E-state index contributed by atoms with van der Waals surface area (Å²) < 4.78 is 48.4. The molecule has 3 rings (SSSR count). The molecule has 0 saturated carbocycles. The number of hydrogen-bond acceptors (Lipinski definition) is 5. The van der Waals surface area contributed by atoms with Gasteiger partial charge in [-0.25, -0.2) is 12.8 Å². The van der Waals surface area contributed by atoms with Crippen LogP contribution in [0.15, 0.2) is 83.8 Å². The summed E-state index contributed by atoms with van der Waals surface area (Å²) >= 11 is 0. The molecule has 10 heteroatoms. The minimum absolute atomic E-state index is 0.0335. The highest BCUT2D eigenvalue weighted by Gasteiger charge is 2.34. The van der Waals surface area contributed by atoms with Gasteiger partial charge in [0.25, 0.3) is 10.0 Å². The van der Waals surface area contributed by atoms with Gasteiger partial charge in [-0.05, 0) is 61.7 Å². The van der Waals surface area contributed by atoms with Gasteiger partial charge < -0.3 is 15.0 Å². The molecule has 0 heterocycles. The fourth-order valence-electron chi connectivity index (χ4n) is 4.18. The van der Waals surface area contributed by atoms with E-state index in [2.05, 4.69) is 5.32 Å². The molecule has 0 saturated heterocycles. The molecule has 2 atom stereocenters. The molecule has 0 aliphatic rings. The molecular formula is C30H36FN3O5S. The van der Waals surface area contributed by atoms with Crippen LogP contribution in [0.2, 0.25) is 0 Å². The molecule has 0 radical (unpaired) electrons. The second kappa shape index (κ2) is 13.9. The van der Waals surface area contributed by atoms with E-state index in [-0.39, 0.29) is 35.5 Å². The largest absolute Gasteiger partial charge is 0.497 e. The molecule has 0 fully saturated rings. The number of carbonyl (C=O) groups excluding carboxylic acids is 2. The Balaban J connectivity index is 2.05. The van der Waals surface area contributed by atoms with E-state index in [0.717, 1.165) is 10.4 Å². The first kappa shape index (κ1) is 30.6. The normalized spacial score (nSPS) is 12.7. The second-order valence-electron chi connectivity index (χ2n) is 9.39. The third-order valence-corrected chi connectivity index (χ3v) is 8.40. The van der Waals surface area contributed by atoms with Gasteiger partial charge in [0.05, 0.1) is 17.7 Å². The zero-order valence-electron chi connectivity index (χ0n) is 23.2. The van der Waals surface area contributed by atoms with Gasteiger partial charge in [0.1, 0.15) is 24.2 Å². The van der Waals surface area contributed by atoms with Crippen LogP contribution in [-0.2, 0) is 26.2 Å². The first-order valence-corrected chi connectivity index (χ1v) is 14.6. The van der Waals surface area contributed by atoms with Crippen molar-refractivity contribution >= 4 is 27.5 Å². The van der Waals surface area contributed by atoms with Crippen molar-refractivity contribution in [2.75, 3.05) is 18.0 Å². The summed E-state index contributed by atoms with van der Waals surface area (Å²) in [5.74, 6) is -1.16. The molecule has 8 nitrogen and oxygen atoms in total. The Morgan fingerprint density at radius 1 is 0.925 bits per heavy atom. The first-order chi connectivity index (χ1) is 19.1. The highest BCUT2D eigenvalue weighted by molar-refractivity contribution is 7.92. The lowest BCUT2D eigenvalue weighted by atomic mass is 10.1. The van der Waals surface area contributed by atoms with Crippen LogP contribution >= 0.6 is 0 Å². The van der Waals surface area contributed by atoms with Gasteiger partial charge >= 0.3 is 0 Å². The minimum atomic E-state index is -4.33. The van der Waals surface area contributed by atoms with Crippen molar-refractivity contribution in [2.24, 2.45) is 0 Å². The van der Waals surface area contributed by atoms with E-state index in [0.29, 0.717) is 17.7 Å². The lowest BCUT2D eigenvalue weighted by Crippen LogP contribution is -2.53. The number of hydrogen-bond donors (Lipinski definition) is 1. The first-order valence-electron chi connectivity index (χ1n) is 13.2. The van der Waals surface area contributed by atoms with E-state index in [1.165, 1.54) is 35.2 Å². The molecule has 0 aromatic heterocycles. The number of amides is 2. The maximum Gasteiger partial charge on any atom is 0.264 e. The molecule has 214 valence electrons. The third kappa shape index (κ3) is 7.38. The van der Waals surface area contributed by atoms with Crippen molar-refractivity contribution in [1.82, 2.24) is 10.2 Å². The fraction of sp³-hybridized carbons (Fsp3) is 0.333. The van der Waals surface area contributed by atoms with E-state index in [1.54, 1.807) is 56.5 Å². The van der Waals surface area contributed by atoms with Gasteiger partial charge in [-0.15, -0.1) is 0 Å². The number of rotatable bonds is 13.